The van der Waals surface area contributed by atoms with Gasteiger partial charge in [0.25, 0.3) is 5.56 Å². The monoisotopic (exact) mass is 262 g/mol. The first kappa shape index (κ1) is 11.6. The first-order chi connectivity index (χ1) is 8.63. The van der Waals surface area contributed by atoms with Gasteiger partial charge in [-0.05, 0) is 13.8 Å². The van der Waals surface area contributed by atoms with Crippen LogP contribution in [0.25, 0.3) is 0 Å². The summed E-state index contributed by atoms with van der Waals surface area (Å²) in [5.74, 6) is 0.689. The van der Waals surface area contributed by atoms with Gasteiger partial charge < -0.3 is 4.98 Å². The summed E-state index contributed by atoms with van der Waals surface area (Å²) in [6, 6.07) is 0. The van der Waals surface area contributed by atoms with Crippen LogP contribution in [0.5, 0.6) is 0 Å². The van der Waals surface area contributed by atoms with E-state index in [1.54, 1.807) is 11.3 Å². The molecule has 1 aliphatic heterocycles. The highest BCUT2D eigenvalue weighted by Gasteiger charge is 2.24. The SMILES string of the molecule is Cc1nc2c(c(=O)[nH]1)CN(Cc1scnc1C)C2. The van der Waals surface area contributed by atoms with Gasteiger partial charge in [-0.2, -0.15) is 0 Å². The second kappa shape index (κ2) is 4.29. The number of aromatic nitrogens is 3. The molecule has 0 unspecified atom stereocenters. The molecule has 1 aliphatic rings. The number of aryl methyl sites for hydroxylation is 2. The van der Waals surface area contributed by atoms with Gasteiger partial charge in [-0.3, -0.25) is 9.69 Å². The lowest BCUT2D eigenvalue weighted by Crippen LogP contribution is -2.18. The van der Waals surface area contributed by atoms with Crippen molar-refractivity contribution in [2.75, 3.05) is 0 Å². The molecule has 2 aromatic heterocycles. The van der Waals surface area contributed by atoms with Crippen LogP contribution in [0.2, 0.25) is 0 Å². The molecule has 1 N–H and O–H groups in total. The van der Waals surface area contributed by atoms with Crippen molar-refractivity contribution in [3.8, 4) is 0 Å². The zero-order valence-corrected chi connectivity index (χ0v) is 11.2. The molecule has 0 atom stereocenters. The molecule has 2 aromatic rings. The molecular formula is C12H14N4OS. The van der Waals surface area contributed by atoms with Gasteiger partial charge >= 0.3 is 0 Å². The molecule has 0 fully saturated rings. The Balaban J connectivity index is 1.83. The molecule has 0 bridgehead atoms. The second-order valence-corrected chi connectivity index (χ2v) is 5.52. The fourth-order valence-electron chi connectivity index (χ4n) is 2.25. The first-order valence-corrected chi connectivity index (χ1v) is 6.71. The molecule has 0 spiro atoms. The number of nitrogens with one attached hydrogen (secondary N) is 1. The average molecular weight is 262 g/mol. The van der Waals surface area contributed by atoms with E-state index in [9.17, 15) is 4.79 Å². The van der Waals surface area contributed by atoms with Crippen molar-refractivity contribution >= 4 is 11.3 Å². The highest BCUT2D eigenvalue weighted by Crippen LogP contribution is 2.22. The number of H-pyrrole nitrogens is 1. The Labute approximate surface area is 109 Å². The fraction of sp³-hybridized carbons (Fsp3) is 0.417. The lowest BCUT2D eigenvalue weighted by atomic mass is 10.3. The van der Waals surface area contributed by atoms with Crippen molar-refractivity contribution in [1.29, 1.82) is 0 Å². The van der Waals surface area contributed by atoms with Crippen molar-refractivity contribution in [2.24, 2.45) is 0 Å². The average Bonchev–Trinajstić information content (AvgIpc) is 2.86. The molecule has 6 heteroatoms. The van der Waals surface area contributed by atoms with Crippen LogP contribution in [-0.2, 0) is 19.6 Å². The molecule has 0 aromatic carbocycles. The molecule has 5 nitrogen and oxygen atoms in total. The van der Waals surface area contributed by atoms with E-state index in [-0.39, 0.29) is 5.56 Å². The summed E-state index contributed by atoms with van der Waals surface area (Å²) >= 11 is 1.66. The normalized spacial score (nSPS) is 15.0. The van der Waals surface area contributed by atoms with E-state index in [2.05, 4.69) is 19.9 Å². The molecule has 3 rings (SSSR count). The summed E-state index contributed by atoms with van der Waals surface area (Å²) in [6.07, 6.45) is 0. The van der Waals surface area contributed by atoms with E-state index < -0.39 is 0 Å². The van der Waals surface area contributed by atoms with Gasteiger partial charge in [0.05, 0.1) is 22.5 Å². The van der Waals surface area contributed by atoms with Gasteiger partial charge in [-0.15, -0.1) is 11.3 Å². The van der Waals surface area contributed by atoms with Crippen LogP contribution in [0.3, 0.4) is 0 Å². The predicted molar refractivity (Wildman–Crippen MR) is 69.4 cm³/mol. The molecule has 0 saturated heterocycles. The Kier molecular flexibility index (Phi) is 2.76. The third kappa shape index (κ3) is 1.97. The van der Waals surface area contributed by atoms with E-state index in [4.69, 9.17) is 0 Å². The summed E-state index contributed by atoms with van der Waals surface area (Å²) in [5.41, 5.74) is 4.67. The maximum atomic E-state index is 11.8. The van der Waals surface area contributed by atoms with Crippen molar-refractivity contribution in [2.45, 2.75) is 33.5 Å². The van der Waals surface area contributed by atoms with Gasteiger partial charge in [0, 0.05) is 24.5 Å². The zero-order chi connectivity index (χ0) is 12.7. The fourth-order valence-corrected chi connectivity index (χ4v) is 3.07. The number of thiazole rings is 1. The van der Waals surface area contributed by atoms with Gasteiger partial charge in [-0.1, -0.05) is 0 Å². The van der Waals surface area contributed by atoms with Crippen molar-refractivity contribution < 1.29 is 0 Å². The van der Waals surface area contributed by atoms with Crippen LogP contribution < -0.4 is 5.56 Å². The maximum Gasteiger partial charge on any atom is 0.255 e. The van der Waals surface area contributed by atoms with Crippen LogP contribution in [0.1, 0.15) is 27.7 Å². The van der Waals surface area contributed by atoms with Gasteiger partial charge in [0.1, 0.15) is 5.82 Å². The third-order valence-corrected chi connectivity index (χ3v) is 4.11. The number of aromatic amines is 1. The Morgan fingerprint density at radius 1 is 1.44 bits per heavy atom. The predicted octanol–water partition coefficient (Wildman–Crippen LogP) is 1.36. The van der Waals surface area contributed by atoms with Gasteiger partial charge in [-0.25, -0.2) is 9.97 Å². The van der Waals surface area contributed by atoms with Crippen LogP contribution >= 0.6 is 11.3 Å². The zero-order valence-electron chi connectivity index (χ0n) is 10.4. The minimum absolute atomic E-state index is 0.000950. The summed E-state index contributed by atoms with van der Waals surface area (Å²) in [6.45, 7) is 6.10. The number of hydrogen-bond acceptors (Lipinski definition) is 5. The lowest BCUT2D eigenvalue weighted by molar-refractivity contribution is 0.275. The van der Waals surface area contributed by atoms with Crippen LogP contribution in [0.15, 0.2) is 10.3 Å². The van der Waals surface area contributed by atoms with Gasteiger partial charge in [0.2, 0.25) is 0 Å². The quantitative estimate of drug-likeness (QED) is 0.887. The largest absolute Gasteiger partial charge is 0.310 e. The Hall–Kier alpha value is -1.53. The minimum atomic E-state index is 0.000950. The first-order valence-electron chi connectivity index (χ1n) is 5.83. The number of rotatable bonds is 2. The number of nitrogens with zero attached hydrogens (tertiary/aromatic N) is 3. The summed E-state index contributed by atoms with van der Waals surface area (Å²) in [5, 5.41) is 0. The molecule has 0 aliphatic carbocycles. The Morgan fingerprint density at radius 3 is 3.00 bits per heavy atom. The topological polar surface area (TPSA) is 61.9 Å². The summed E-state index contributed by atoms with van der Waals surface area (Å²) in [4.78, 5) is 26.7. The standard InChI is InChI=1S/C12H14N4OS/c1-7-11(18-6-13-7)5-16-3-9-10(4-16)14-8(2)15-12(9)17/h6H,3-5H2,1-2H3,(H,14,15,17). The van der Waals surface area contributed by atoms with E-state index >= 15 is 0 Å². The lowest BCUT2D eigenvalue weighted by Gasteiger charge is -2.12. The molecular weight excluding hydrogens is 248 g/mol. The smallest absolute Gasteiger partial charge is 0.255 e. The molecule has 18 heavy (non-hydrogen) atoms. The van der Waals surface area contributed by atoms with Crippen molar-refractivity contribution in [3.05, 3.63) is 43.5 Å². The highest BCUT2D eigenvalue weighted by molar-refractivity contribution is 7.09. The Morgan fingerprint density at radius 2 is 2.28 bits per heavy atom. The third-order valence-electron chi connectivity index (χ3n) is 3.19. The molecule has 0 saturated carbocycles. The van der Waals surface area contributed by atoms with Crippen LogP contribution in [-0.4, -0.2) is 19.9 Å². The molecule has 3 heterocycles. The van der Waals surface area contributed by atoms with E-state index in [1.165, 1.54) is 4.88 Å². The number of hydrogen-bond donors (Lipinski definition) is 1. The molecule has 0 amide bonds. The van der Waals surface area contributed by atoms with E-state index in [1.807, 2.05) is 19.4 Å². The van der Waals surface area contributed by atoms with Gasteiger partial charge in [0.15, 0.2) is 0 Å². The Bertz CT molecular complexity index is 646. The maximum absolute atomic E-state index is 11.8. The van der Waals surface area contributed by atoms with E-state index in [0.717, 1.165) is 30.0 Å². The van der Waals surface area contributed by atoms with Crippen molar-refractivity contribution in [3.63, 3.8) is 0 Å². The highest BCUT2D eigenvalue weighted by atomic mass is 32.1. The summed E-state index contributed by atoms with van der Waals surface area (Å²) in [7, 11) is 0. The van der Waals surface area contributed by atoms with Crippen molar-refractivity contribution in [1.82, 2.24) is 19.9 Å². The minimum Gasteiger partial charge on any atom is -0.310 e. The van der Waals surface area contributed by atoms with Crippen LogP contribution in [0.4, 0.5) is 0 Å². The van der Waals surface area contributed by atoms with E-state index in [0.29, 0.717) is 12.4 Å². The summed E-state index contributed by atoms with van der Waals surface area (Å²) < 4.78 is 0. The second-order valence-electron chi connectivity index (χ2n) is 4.58. The van der Waals surface area contributed by atoms with Crippen LogP contribution in [0, 0.1) is 13.8 Å². The molecule has 0 radical (unpaired) electrons. The molecule has 94 valence electrons. The number of fused-ring (bicyclic) bond motifs is 1.